The van der Waals surface area contributed by atoms with Crippen molar-refractivity contribution in [3.05, 3.63) is 11.9 Å². The molecule has 0 saturated carbocycles. The Bertz CT molecular complexity index is 267. The van der Waals surface area contributed by atoms with E-state index in [1.165, 1.54) is 0 Å². The number of aryl methyl sites for hydroxylation is 1. The highest BCUT2D eigenvalue weighted by Crippen LogP contribution is 2.03. The molecular formula is C10H20N4. The molecule has 0 radical (unpaired) electrons. The molecule has 1 heterocycles. The van der Waals surface area contributed by atoms with Gasteiger partial charge in [0.1, 0.15) is 0 Å². The van der Waals surface area contributed by atoms with Crippen molar-refractivity contribution in [2.45, 2.75) is 33.2 Å². The lowest BCUT2D eigenvalue weighted by Crippen LogP contribution is -2.28. The van der Waals surface area contributed by atoms with Crippen molar-refractivity contribution in [3.63, 3.8) is 0 Å². The zero-order valence-electron chi connectivity index (χ0n) is 9.49. The molecule has 4 heteroatoms. The van der Waals surface area contributed by atoms with Crippen molar-refractivity contribution in [2.24, 2.45) is 13.0 Å². The summed E-state index contributed by atoms with van der Waals surface area (Å²) >= 11 is 0. The van der Waals surface area contributed by atoms with E-state index >= 15 is 0 Å². The average molecular weight is 196 g/mol. The van der Waals surface area contributed by atoms with Crippen molar-refractivity contribution in [1.82, 2.24) is 20.3 Å². The molecule has 4 nitrogen and oxygen atoms in total. The lowest BCUT2D eigenvalue weighted by Gasteiger charge is -2.13. The van der Waals surface area contributed by atoms with E-state index in [-0.39, 0.29) is 0 Å². The Morgan fingerprint density at radius 3 is 2.64 bits per heavy atom. The van der Waals surface area contributed by atoms with Crippen LogP contribution in [0.3, 0.4) is 0 Å². The summed E-state index contributed by atoms with van der Waals surface area (Å²) in [5.74, 6) is 0.606. The minimum atomic E-state index is 0.555. The molecule has 1 aromatic rings. The minimum Gasteiger partial charge on any atom is -0.314 e. The summed E-state index contributed by atoms with van der Waals surface area (Å²) in [4.78, 5) is 0. The largest absolute Gasteiger partial charge is 0.314 e. The van der Waals surface area contributed by atoms with E-state index in [1.54, 1.807) is 4.68 Å². The summed E-state index contributed by atoms with van der Waals surface area (Å²) in [5, 5.41) is 11.4. The standard InChI is InChI=1S/C10H20N4/c1-8(2)11-6-9(3)5-10-7-14(4)13-12-10/h7-9,11H,5-6H2,1-4H3. The second-order valence-electron chi connectivity index (χ2n) is 4.26. The fourth-order valence-electron chi connectivity index (χ4n) is 1.35. The van der Waals surface area contributed by atoms with Gasteiger partial charge in [0.15, 0.2) is 0 Å². The highest BCUT2D eigenvalue weighted by Gasteiger charge is 2.06. The lowest BCUT2D eigenvalue weighted by molar-refractivity contribution is 0.472. The summed E-state index contributed by atoms with van der Waals surface area (Å²) in [6, 6.07) is 0.555. The molecule has 0 saturated heterocycles. The van der Waals surface area contributed by atoms with Gasteiger partial charge in [0.05, 0.1) is 5.69 Å². The topological polar surface area (TPSA) is 42.7 Å². The van der Waals surface area contributed by atoms with Gasteiger partial charge < -0.3 is 5.32 Å². The molecule has 0 aliphatic rings. The van der Waals surface area contributed by atoms with E-state index in [4.69, 9.17) is 0 Å². The van der Waals surface area contributed by atoms with Gasteiger partial charge in [-0.3, -0.25) is 4.68 Å². The Morgan fingerprint density at radius 1 is 1.43 bits per heavy atom. The summed E-state index contributed by atoms with van der Waals surface area (Å²) in [6.45, 7) is 7.59. The van der Waals surface area contributed by atoms with Crippen LogP contribution in [0.2, 0.25) is 0 Å². The van der Waals surface area contributed by atoms with E-state index in [0.29, 0.717) is 12.0 Å². The van der Waals surface area contributed by atoms with Crippen LogP contribution in [0.25, 0.3) is 0 Å². The van der Waals surface area contributed by atoms with E-state index < -0.39 is 0 Å². The zero-order valence-corrected chi connectivity index (χ0v) is 9.49. The number of nitrogens with zero attached hydrogens (tertiary/aromatic N) is 3. The van der Waals surface area contributed by atoms with Gasteiger partial charge in [0.25, 0.3) is 0 Å². The van der Waals surface area contributed by atoms with Crippen LogP contribution >= 0.6 is 0 Å². The summed E-state index contributed by atoms with van der Waals surface area (Å²) in [6.07, 6.45) is 2.97. The Labute approximate surface area is 85.7 Å². The molecular weight excluding hydrogens is 176 g/mol. The first kappa shape index (κ1) is 11.2. The van der Waals surface area contributed by atoms with Gasteiger partial charge in [-0.2, -0.15) is 0 Å². The molecule has 1 aromatic heterocycles. The Kier molecular flexibility index (Phi) is 4.07. The molecule has 0 aliphatic carbocycles. The monoisotopic (exact) mass is 196 g/mol. The molecule has 80 valence electrons. The van der Waals surface area contributed by atoms with Gasteiger partial charge in [-0.15, -0.1) is 5.10 Å². The van der Waals surface area contributed by atoms with E-state index in [2.05, 4.69) is 36.4 Å². The van der Waals surface area contributed by atoms with Crippen LogP contribution in [0, 0.1) is 5.92 Å². The van der Waals surface area contributed by atoms with Crippen LogP contribution in [-0.2, 0) is 13.5 Å². The van der Waals surface area contributed by atoms with Crippen molar-refractivity contribution in [2.75, 3.05) is 6.54 Å². The molecule has 1 rings (SSSR count). The van der Waals surface area contributed by atoms with Gasteiger partial charge in [-0.05, 0) is 18.9 Å². The summed E-state index contributed by atoms with van der Waals surface area (Å²) in [7, 11) is 1.90. The lowest BCUT2D eigenvalue weighted by atomic mass is 10.1. The van der Waals surface area contributed by atoms with E-state index in [9.17, 15) is 0 Å². The van der Waals surface area contributed by atoms with Gasteiger partial charge in [-0.25, -0.2) is 0 Å². The molecule has 1 unspecified atom stereocenters. The van der Waals surface area contributed by atoms with Crippen LogP contribution in [0.1, 0.15) is 26.5 Å². The van der Waals surface area contributed by atoms with E-state index in [0.717, 1.165) is 18.7 Å². The van der Waals surface area contributed by atoms with Gasteiger partial charge in [0, 0.05) is 19.3 Å². The third kappa shape index (κ3) is 3.87. The third-order valence-corrected chi connectivity index (χ3v) is 2.08. The molecule has 0 aliphatic heterocycles. The maximum Gasteiger partial charge on any atom is 0.0830 e. The van der Waals surface area contributed by atoms with Crippen LogP contribution < -0.4 is 5.32 Å². The maximum absolute atomic E-state index is 4.07. The van der Waals surface area contributed by atoms with Crippen LogP contribution in [0.4, 0.5) is 0 Å². The molecule has 0 bridgehead atoms. The number of nitrogens with one attached hydrogen (secondary N) is 1. The van der Waals surface area contributed by atoms with Crippen molar-refractivity contribution in [3.8, 4) is 0 Å². The van der Waals surface area contributed by atoms with Crippen LogP contribution in [0.15, 0.2) is 6.20 Å². The summed E-state index contributed by atoms with van der Waals surface area (Å²) < 4.78 is 1.75. The fourth-order valence-corrected chi connectivity index (χ4v) is 1.35. The van der Waals surface area contributed by atoms with Gasteiger partial charge in [0.2, 0.25) is 0 Å². The Hall–Kier alpha value is -0.900. The molecule has 0 aromatic carbocycles. The normalized spacial score (nSPS) is 13.5. The first-order valence-corrected chi connectivity index (χ1v) is 5.16. The maximum atomic E-state index is 4.07. The van der Waals surface area contributed by atoms with E-state index in [1.807, 2.05) is 13.2 Å². The zero-order chi connectivity index (χ0) is 10.6. The molecule has 0 spiro atoms. The smallest absolute Gasteiger partial charge is 0.0830 e. The highest BCUT2D eigenvalue weighted by molar-refractivity contribution is 4.93. The SMILES string of the molecule is CC(CNC(C)C)Cc1cn(C)nn1. The molecule has 1 atom stereocenters. The second kappa shape index (κ2) is 5.10. The predicted octanol–water partition coefficient (Wildman–Crippen LogP) is 0.992. The first-order valence-electron chi connectivity index (χ1n) is 5.16. The van der Waals surface area contributed by atoms with Crippen molar-refractivity contribution >= 4 is 0 Å². The summed E-state index contributed by atoms with van der Waals surface area (Å²) in [5.41, 5.74) is 1.07. The second-order valence-corrected chi connectivity index (χ2v) is 4.26. The minimum absolute atomic E-state index is 0.555. The number of aromatic nitrogens is 3. The third-order valence-electron chi connectivity index (χ3n) is 2.08. The Morgan fingerprint density at radius 2 is 2.14 bits per heavy atom. The van der Waals surface area contributed by atoms with Crippen molar-refractivity contribution < 1.29 is 0 Å². The molecule has 14 heavy (non-hydrogen) atoms. The van der Waals surface area contributed by atoms with Crippen LogP contribution in [-0.4, -0.2) is 27.6 Å². The highest BCUT2D eigenvalue weighted by atomic mass is 15.4. The average Bonchev–Trinajstić information content (AvgIpc) is 2.48. The van der Waals surface area contributed by atoms with Crippen LogP contribution in [0.5, 0.6) is 0 Å². The van der Waals surface area contributed by atoms with Gasteiger partial charge >= 0.3 is 0 Å². The number of rotatable bonds is 5. The number of hydrogen-bond donors (Lipinski definition) is 1. The fraction of sp³-hybridized carbons (Fsp3) is 0.800. The predicted molar refractivity (Wildman–Crippen MR) is 57.0 cm³/mol. The quantitative estimate of drug-likeness (QED) is 0.763. The first-order chi connectivity index (χ1) is 6.58. The Balaban J connectivity index is 2.30. The van der Waals surface area contributed by atoms with Crippen molar-refractivity contribution in [1.29, 1.82) is 0 Å². The molecule has 0 fully saturated rings. The molecule has 0 amide bonds. The molecule has 1 N–H and O–H groups in total. The number of hydrogen-bond acceptors (Lipinski definition) is 3. The van der Waals surface area contributed by atoms with Gasteiger partial charge in [-0.1, -0.05) is 26.0 Å².